The lowest BCUT2D eigenvalue weighted by Gasteiger charge is -2.07. The molecule has 0 saturated carbocycles. The van der Waals surface area contributed by atoms with Gasteiger partial charge >= 0.3 is 0 Å². The summed E-state index contributed by atoms with van der Waals surface area (Å²) < 4.78 is 0. The molecule has 0 bridgehead atoms. The van der Waals surface area contributed by atoms with Crippen molar-refractivity contribution in [1.29, 1.82) is 0 Å². The Bertz CT molecular complexity index is 3070. The second-order valence-electron chi connectivity index (χ2n) is 14.0. The van der Waals surface area contributed by atoms with Gasteiger partial charge in [-0.1, -0.05) is 79.9 Å². The number of hydrogen-bond donors (Lipinski definition) is 5. The monoisotopic (exact) mass is 1020 g/mol. The minimum absolute atomic E-state index is 0.267. The number of hydrogen-bond acceptors (Lipinski definition) is 13. The Morgan fingerprint density at radius 1 is 0.389 bits per heavy atom. The number of nitrogens with one attached hydrogen (secondary N) is 3. The number of aromatic nitrogens is 5. The molecule has 8 rings (SSSR count). The highest BCUT2D eigenvalue weighted by Gasteiger charge is 2.13. The minimum atomic E-state index is -0.602. The molecule has 16 nitrogen and oxygen atoms in total. The first-order valence-corrected chi connectivity index (χ1v) is 22.0. The number of pyridine rings is 5. The van der Waals surface area contributed by atoms with Gasteiger partial charge in [-0.2, -0.15) is 0 Å². The first-order valence-electron chi connectivity index (χ1n) is 20.9. The van der Waals surface area contributed by atoms with Crippen LogP contribution in [0.1, 0.15) is 73.3 Å². The molecule has 0 radical (unpaired) electrons. The van der Waals surface area contributed by atoms with Crippen LogP contribution in [-0.4, -0.2) is 58.4 Å². The van der Waals surface area contributed by atoms with Crippen LogP contribution in [0.3, 0.4) is 0 Å². The van der Waals surface area contributed by atoms with Crippen LogP contribution in [0.15, 0.2) is 196 Å². The number of amides is 3. The standard InChI is InChI=1S/C20H16N4O2.C13H9ClN2O2.C8H4Cl2O2.C7H8N2.C5H6N2/c1-2-14-9-10-18(22-13-14)24-20(26)16-7-5-6-15(12-16)19(25)23-17-8-3-4-11-21-17;14-12(17)9-4-3-5-10(8-9)13(18)16-11-6-1-2-7-15-11;9-7(11)5-2-1-3-6(4-5)8(10)12;1-2-6-3-4-7(8)9-5-6;6-5-3-1-2-4-7-5/h2-13H,1H2,(H,21,23,25)(H,22,24,26);1-8H,(H,15,16,18);1-4H;2-5H,1H2,(H2,8,9);1-4H,(H2,6,7). The molecular formula is C53H43Cl3N10O6. The van der Waals surface area contributed by atoms with Crippen molar-refractivity contribution < 1.29 is 28.8 Å². The van der Waals surface area contributed by atoms with Crippen LogP contribution in [0.25, 0.3) is 12.2 Å². The summed E-state index contributed by atoms with van der Waals surface area (Å²) in [7, 11) is 0. The van der Waals surface area contributed by atoms with Gasteiger partial charge in [-0.25, -0.2) is 24.9 Å². The second kappa shape index (κ2) is 29.6. The van der Waals surface area contributed by atoms with E-state index in [0.717, 1.165) is 11.1 Å². The van der Waals surface area contributed by atoms with Gasteiger partial charge < -0.3 is 27.4 Å². The number of halogens is 3. The summed E-state index contributed by atoms with van der Waals surface area (Å²) >= 11 is 15.7. The van der Waals surface area contributed by atoms with E-state index in [2.05, 4.69) is 54.0 Å². The molecule has 362 valence electrons. The smallest absolute Gasteiger partial charge is 0.256 e. The predicted octanol–water partition coefficient (Wildman–Crippen LogP) is 10.8. The second-order valence-corrected chi connectivity index (χ2v) is 15.0. The summed E-state index contributed by atoms with van der Waals surface area (Å²) in [6, 6.07) is 41.5. The van der Waals surface area contributed by atoms with Gasteiger partial charge in [0.25, 0.3) is 33.4 Å². The molecule has 5 aromatic heterocycles. The number of carbonyl (C=O) groups is 6. The maximum Gasteiger partial charge on any atom is 0.256 e. The van der Waals surface area contributed by atoms with E-state index in [1.54, 1.807) is 146 Å². The lowest BCUT2D eigenvalue weighted by atomic mass is 10.1. The minimum Gasteiger partial charge on any atom is -0.384 e. The number of benzene rings is 3. The lowest BCUT2D eigenvalue weighted by Crippen LogP contribution is -2.16. The Balaban J connectivity index is 0.000000212. The molecule has 5 heterocycles. The Labute approximate surface area is 428 Å². The van der Waals surface area contributed by atoms with E-state index in [0.29, 0.717) is 45.8 Å². The van der Waals surface area contributed by atoms with Gasteiger partial charge in [0, 0.05) is 64.4 Å². The van der Waals surface area contributed by atoms with Gasteiger partial charge in [0.1, 0.15) is 29.1 Å². The van der Waals surface area contributed by atoms with Gasteiger partial charge in [0.15, 0.2) is 0 Å². The molecule has 0 unspecified atom stereocenters. The van der Waals surface area contributed by atoms with E-state index in [9.17, 15) is 28.8 Å². The van der Waals surface area contributed by atoms with E-state index in [-0.39, 0.29) is 34.4 Å². The van der Waals surface area contributed by atoms with Crippen molar-refractivity contribution in [3.63, 3.8) is 0 Å². The van der Waals surface area contributed by atoms with Crippen molar-refractivity contribution in [3.8, 4) is 0 Å². The number of nitrogens with zero attached hydrogens (tertiary/aromatic N) is 5. The molecular weight excluding hydrogens is 979 g/mol. The average Bonchev–Trinajstić information content (AvgIpc) is 3.40. The molecule has 0 atom stereocenters. The fraction of sp³-hybridized carbons (Fsp3) is 0. The van der Waals surface area contributed by atoms with Crippen LogP contribution in [0, 0.1) is 0 Å². The van der Waals surface area contributed by atoms with Crippen molar-refractivity contribution in [2.75, 3.05) is 27.4 Å². The number of carbonyl (C=O) groups excluding carboxylic acids is 6. The van der Waals surface area contributed by atoms with Crippen molar-refractivity contribution >= 4 is 109 Å². The molecule has 0 aliphatic heterocycles. The topological polar surface area (TPSA) is 255 Å². The quantitative estimate of drug-likeness (QED) is 0.0757. The van der Waals surface area contributed by atoms with Crippen LogP contribution < -0.4 is 27.4 Å². The van der Waals surface area contributed by atoms with Gasteiger partial charge in [-0.15, -0.1) is 0 Å². The average molecular weight is 1020 g/mol. The van der Waals surface area contributed by atoms with Crippen molar-refractivity contribution in [2.45, 2.75) is 0 Å². The Kier molecular flexibility index (Phi) is 22.8. The van der Waals surface area contributed by atoms with E-state index in [1.807, 2.05) is 18.2 Å². The zero-order chi connectivity index (χ0) is 52.3. The maximum atomic E-state index is 12.4. The highest BCUT2D eigenvalue weighted by molar-refractivity contribution is 6.69. The normalized spacial score (nSPS) is 9.60. The van der Waals surface area contributed by atoms with Gasteiger partial charge in [-0.05, 0) is 143 Å². The third-order valence-electron chi connectivity index (χ3n) is 8.86. The first-order chi connectivity index (χ1) is 34.6. The van der Waals surface area contributed by atoms with Gasteiger partial charge in [0.2, 0.25) is 0 Å². The molecule has 0 aliphatic carbocycles. The highest BCUT2D eigenvalue weighted by Crippen LogP contribution is 2.14. The van der Waals surface area contributed by atoms with E-state index in [1.165, 1.54) is 30.3 Å². The number of anilines is 5. The molecule has 0 fully saturated rings. The Hall–Kier alpha value is -9.22. The van der Waals surface area contributed by atoms with E-state index in [4.69, 9.17) is 46.3 Å². The number of nitrogen functional groups attached to an aromatic ring is 2. The lowest BCUT2D eigenvalue weighted by molar-refractivity contribution is 0.101. The predicted molar refractivity (Wildman–Crippen MR) is 284 cm³/mol. The van der Waals surface area contributed by atoms with Crippen LogP contribution in [0.4, 0.5) is 29.1 Å². The van der Waals surface area contributed by atoms with Crippen LogP contribution in [0.5, 0.6) is 0 Å². The maximum absolute atomic E-state index is 12.4. The molecule has 8 aromatic rings. The fourth-order valence-corrected chi connectivity index (χ4v) is 5.65. The summed E-state index contributed by atoms with van der Waals surface area (Å²) in [5.74, 6) is 1.40. The molecule has 0 aliphatic rings. The molecule has 72 heavy (non-hydrogen) atoms. The fourth-order valence-electron chi connectivity index (χ4n) is 5.30. The molecule has 3 aromatic carbocycles. The largest absolute Gasteiger partial charge is 0.384 e. The number of rotatable bonds is 11. The molecule has 3 amide bonds. The third kappa shape index (κ3) is 19.8. The van der Waals surface area contributed by atoms with Crippen molar-refractivity contribution in [1.82, 2.24) is 24.9 Å². The summed E-state index contributed by atoms with van der Waals surface area (Å²) in [6.45, 7) is 7.24. The molecule has 0 saturated heterocycles. The summed E-state index contributed by atoms with van der Waals surface area (Å²) in [5, 5.41) is 6.20. The zero-order valence-electron chi connectivity index (χ0n) is 37.9. The third-order valence-corrected chi connectivity index (χ3v) is 9.52. The summed E-state index contributed by atoms with van der Waals surface area (Å²) in [4.78, 5) is 88.6. The van der Waals surface area contributed by atoms with Crippen LogP contribution in [0.2, 0.25) is 0 Å². The molecule has 0 spiro atoms. The van der Waals surface area contributed by atoms with Crippen LogP contribution in [-0.2, 0) is 0 Å². The Morgan fingerprint density at radius 3 is 1.04 bits per heavy atom. The van der Waals surface area contributed by atoms with Crippen molar-refractivity contribution in [2.24, 2.45) is 0 Å². The van der Waals surface area contributed by atoms with Gasteiger partial charge in [0.05, 0.1) is 0 Å². The van der Waals surface area contributed by atoms with Gasteiger partial charge in [-0.3, -0.25) is 28.8 Å². The number of nitrogens with two attached hydrogens (primary N) is 2. The van der Waals surface area contributed by atoms with E-state index >= 15 is 0 Å². The highest BCUT2D eigenvalue weighted by atomic mass is 35.5. The van der Waals surface area contributed by atoms with Crippen molar-refractivity contribution in [3.05, 3.63) is 240 Å². The Morgan fingerprint density at radius 2 is 0.736 bits per heavy atom. The summed E-state index contributed by atoms with van der Waals surface area (Å²) in [6.07, 6.45) is 11.5. The zero-order valence-corrected chi connectivity index (χ0v) is 40.1. The molecule has 7 N–H and O–H groups in total. The molecule has 19 heteroatoms. The van der Waals surface area contributed by atoms with Crippen LogP contribution >= 0.6 is 34.8 Å². The SMILES string of the molecule is C=Cc1ccc(N)nc1.C=Cc1ccc(NC(=O)c2cccc(C(=O)Nc3ccccn3)c2)nc1.Nc1ccccn1.O=C(Cl)c1cccc(C(=O)Cl)c1.O=C(Cl)c1cccc(C(=O)Nc2ccccn2)c1. The first kappa shape index (κ1) is 55.4. The summed E-state index contributed by atoms with van der Waals surface area (Å²) in [5.41, 5.74) is 14.3. The van der Waals surface area contributed by atoms with E-state index < -0.39 is 15.7 Å².